The van der Waals surface area contributed by atoms with Gasteiger partial charge in [-0.1, -0.05) is 54.1 Å². The molecule has 0 saturated heterocycles. The number of hydrogen-bond acceptors (Lipinski definition) is 3. The first-order valence-corrected chi connectivity index (χ1v) is 6.56. The fourth-order valence-corrected chi connectivity index (χ4v) is 1.80. The van der Waals surface area contributed by atoms with Crippen molar-refractivity contribution in [3.63, 3.8) is 0 Å². The smallest absolute Gasteiger partial charge is 0.426 e. The summed E-state index contributed by atoms with van der Waals surface area (Å²) >= 11 is 5.87. The van der Waals surface area contributed by atoms with Crippen molar-refractivity contribution in [1.29, 1.82) is 0 Å². The Hall–Kier alpha value is -2.53. The van der Waals surface area contributed by atoms with Crippen molar-refractivity contribution in [2.45, 2.75) is 6.61 Å². The summed E-state index contributed by atoms with van der Waals surface area (Å²) in [7, 11) is 0. The summed E-state index contributed by atoms with van der Waals surface area (Å²) in [6, 6.07) is 15.7. The predicted octanol–water partition coefficient (Wildman–Crippen LogP) is 2.91. The Labute approximate surface area is 126 Å². The van der Waals surface area contributed by atoms with Crippen LogP contribution in [0.4, 0.5) is 4.79 Å². The lowest BCUT2D eigenvalue weighted by atomic mass is 10.2. The lowest BCUT2D eigenvalue weighted by molar-refractivity contribution is 0.0905. The number of nitrogens with one attached hydrogen (secondary N) is 2. The minimum absolute atomic E-state index is 0.120. The third-order valence-corrected chi connectivity index (χ3v) is 2.94. The van der Waals surface area contributed by atoms with Gasteiger partial charge in [-0.15, -0.1) is 0 Å². The second-order valence-corrected chi connectivity index (χ2v) is 4.53. The number of carbonyl (C=O) groups excluding carboxylic acids is 2. The summed E-state index contributed by atoms with van der Waals surface area (Å²) in [5, 5.41) is 0.300. The van der Waals surface area contributed by atoms with E-state index in [2.05, 4.69) is 10.9 Å². The molecule has 2 aromatic carbocycles. The van der Waals surface area contributed by atoms with Gasteiger partial charge in [0.05, 0.1) is 10.6 Å². The molecular weight excluding hydrogens is 292 g/mol. The minimum atomic E-state index is -0.751. The zero-order chi connectivity index (χ0) is 15.1. The molecule has 0 unspecified atom stereocenters. The maximum Gasteiger partial charge on any atom is 0.426 e. The average Bonchev–Trinajstić information content (AvgIpc) is 2.52. The number of benzene rings is 2. The number of carbonyl (C=O) groups is 2. The molecule has 0 bridgehead atoms. The van der Waals surface area contributed by atoms with Gasteiger partial charge in [0.25, 0.3) is 5.91 Å². The predicted molar refractivity (Wildman–Crippen MR) is 78.7 cm³/mol. The Morgan fingerprint density at radius 2 is 1.62 bits per heavy atom. The highest BCUT2D eigenvalue weighted by Gasteiger charge is 2.10. The van der Waals surface area contributed by atoms with Gasteiger partial charge in [-0.3, -0.25) is 10.2 Å². The van der Waals surface area contributed by atoms with E-state index in [0.29, 0.717) is 5.02 Å². The molecule has 0 aliphatic carbocycles. The molecule has 0 atom stereocenters. The topological polar surface area (TPSA) is 67.4 Å². The molecule has 108 valence electrons. The van der Waals surface area contributed by atoms with Crippen molar-refractivity contribution in [1.82, 2.24) is 10.9 Å². The number of halogens is 1. The van der Waals surface area contributed by atoms with Crippen LogP contribution in [0.15, 0.2) is 54.6 Å². The molecule has 0 aromatic heterocycles. The molecule has 2 amide bonds. The molecule has 2 N–H and O–H groups in total. The van der Waals surface area contributed by atoms with Crippen LogP contribution in [0.1, 0.15) is 15.9 Å². The van der Waals surface area contributed by atoms with Crippen LogP contribution in [-0.2, 0) is 11.3 Å². The van der Waals surface area contributed by atoms with E-state index < -0.39 is 12.0 Å². The number of ether oxygens (including phenoxy) is 1. The summed E-state index contributed by atoms with van der Waals surface area (Å²) in [5.41, 5.74) is 5.51. The molecule has 0 spiro atoms. The molecule has 0 fully saturated rings. The lowest BCUT2D eigenvalue weighted by Crippen LogP contribution is -2.41. The van der Waals surface area contributed by atoms with Crippen molar-refractivity contribution in [3.05, 3.63) is 70.7 Å². The van der Waals surface area contributed by atoms with Crippen LogP contribution in [0.2, 0.25) is 5.02 Å². The number of rotatable bonds is 3. The van der Waals surface area contributed by atoms with Crippen LogP contribution in [0.5, 0.6) is 0 Å². The van der Waals surface area contributed by atoms with Crippen molar-refractivity contribution in [3.8, 4) is 0 Å². The van der Waals surface area contributed by atoms with E-state index in [1.54, 1.807) is 24.3 Å². The molecule has 2 rings (SSSR count). The second kappa shape index (κ2) is 7.31. The Morgan fingerprint density at radius 1 is 0.952 bits per heavy atom. The van der Waals surface area contributed by atoms with Gasteiger partial charge in [0.15, 0.2) is 0 Å². The van der Waals surface area contributed by atoms with Gasteiger partial charge >= 0.3 is 6.09 Å². The fraction of sp³-hybridized carbons (Fsp3) is 0.0667. The van der Waals surface area contributed by atoms with Gasteiger partial charge in [0, 0.05) is 0 Å². The van der Waals surface area contributed by atoms with E-state index in [-0.39, 0.29) is 12.2 Å². The normalized spacial score (nSPS) is 9.76. The van der Waals surface area contributed by atoms with E-state index in [1.165, 1.54) is 0 Å². The van der Waals surface area contributed by atoms with E-state index >= 15 is 0 Å². The molecule has 0 radical (unpaired) electrons. The highest BCUT2D eigenvalue weighted by Crippen LogP contribution is 2.14. The largest absolute Gasteiger partial charge is 0.443 e. The maximum atomic E-state index is 11.8. The average molecular weight is 305 g/mol. The minimum Gasteiger partial charge on any atom is -0.443 e. The summed E-state index contributed by atoms with van der Waals surface area (Å²) < 4.78 is 4.95. The van der Waals surface area contributed by atoms with Crippen LogP contribution in [0.3, 0.4) is 0 Å². The Morgan fingerprint density at radius 3 is 2.33 bits per heavy atom. The molecule has 0 aliphatic heterocycles. The van der Waals surface area contributed by atoms with E-state index in [4.69, 9.17) is 16.3 Å². The molecule has 0 saturated carbocycles. The van der Waals surface area contributed by atoms with Crippen LogP contribution in [-0.4, -0.2) is 12.0 Å². The molecule has 0 heterocycles. The zero-order valence-corrected chi connectivity index (χ0v) is 11.8. The third-order valence-electron chi connectivity index (χ3n) is 2.61. The third kappa shape index (κ3) is 4.50. The fourth-order valence-electron chi connectivity index (χ4n) is 1.58. The van der Waals surface area contributed by atoms with Gasteiger partial charge in [-0.05, 0) is 17.7 Å². The molecule has 21 heavy (non-hydrogen) atoms. The van der Waals surface area contributed by atoms with Crippen LogP contribution >= 0.6 is 11.6 Å². The van der Waals surface area contributed by atoms with Crippen LogP contribution in [0.25, 0.3) is 0 Å². The Bertz CT molecular complexity index is 632. The van der Waals surface area contributed by atoms with Gasteiger partial charge in [-0.2, -0.15) is 0 Å². The van der Waals surface area contributed by atoms with E-state index in [9.17, 15) is 9.59 Å². The van der Waals surface area contributed by atoms with Crippen molar-refractivity contribution in [2.75, 3.05) is 0 Å². The summed E-state index contributed by atoms with van der Waals surface area (Å²) in [6.07, 6.45) is -0.751. The molecule has 2 aromatic rings. The maximum absolute atomic E-state index is 11.8. The zero-order valence-electron chi connectivity index (χ0n) is 11.0. The van der Waals surface area contributed by atoms with Gasteiger partial charge in [-0.25, -0.2) is 10.2 Å². The first-order valence-electron chi connectivity index (χ1n) is 6.18. The Balaban J connectivity index is 1.79. The highest BCUT2D eigenvalue weighted by atomic mass is 35.5. The first kappa shape index (κ1) is 14.9. The molecular formula is C15H13ClN2O3. The van der Waals surface area contributed by atoms with Crippen LogP contribution < -0.4 is 10.9 Å². The van der Waals surface area contributed by atoms with E-state index in [0.717, 1.165) is 5.56 Å². The van der Waals surface area contributed by atoms with Gasteiger partial charge < -0.3 is 4.74 Å². The van der Waals surface area contributed by atoms with Crippen LogP contribution in [0, 0.1) is 0 Å². The molecule has 0 aliphatic rings. The number of amides is 2. The Kier molecular flexibility index (Phi) is 5.17. The van der Waals surface area contributed by atoms with Gasteiger partial charge in [0.2, 0.25) is 0 Å². The summed E-state index contributed by atoms with van der Waals surface area (Å²) in [4.78, 5) is 23.2. The molecule has 6 heteroatoms. The second-order valence-electron chi connectivity index (χ2n) is 4.12. The SMILES string of the molecule is O=C(NNC(=O)c1ccccc1Cl)OCc1ccccc1. The highest BCUT2D eigenvalue weighted by molar-refractivity contribution is 6.33. The number of hydrogen-bond donors (Lipinski definition) is 2. The summed E-state index contributed by atoms with van der Waals surface area (Å²) in [5.74, 6) is -0.516. The molecule has 5 nitrogen and oxygen atoms in total. The summed E-state index contributed by atoms with van der Waals surface area (Å²) in [6.45, 7) is 0.120. The number of hydrazine groups is 1. The van der Waals surface area contributed by atoms with Crippen molar-refractivity contribution < 1.29 is 14.3 Å². The van der Waals surface area contributed by atoms with Crippen molar-refractivity contribution in [2.24, 2.45) is 0 Å². The van der Waals surface area contributed by atoms with Crippen molar-refractivity contribution >= 4 is 23.6 Å². The van der Waals surface area contributed by atoms with E-state index in [1.807, 2.05) is 30.3 Å². The lowest BCUT2D eigenvalue weighted by Gasteiger charge is -2.09. The van der Waals surface area contributed by atoms with Gasteiger partial charge in [0.1, 0.15) is 6.61 Å². The monoisotopic (exact) mass is 304 g/mol. The first-order chi connectivity index (χ1) is 10.2. The quantitative estimate of drug-likeness (QED) is 0.857. The standard InChI is InChI=1S/C15H13ClN2O3/c16-13-9-5-4-8-12(13)14(19)17-18-15(20)21-10-11-6-2-1-3-7-11/h1-9H,10H2,(H,17,19)(H,18,20).